The van der Waals surface area contributed by atoms with Gasteiger partial charge in [0.1, 0.15) is 0 Å². The van der Waals surface area contributed by atoms with Crippen molar-refractivity contribution in [2.45, 2.75) is 30.1 Å². The van der Waals surface area contributed by atoms with Crippen LogP contribution in [0.4, 0.5) is 0 Å². The summed E-state index contributed by atoms with van der Waals surface area (Å²) in [5.41, 5.74) is 2.68. The second-order valence-electron chi connectivity index (χ2n) is 6.05. The number of carbonyl (C=O) groups is 1. The zero-order valence-corrected chi connectivity index (χ0v) is 17.3. The van der Waals surface area contributed by atoms with Gasteiger partial charge in [-0.15, -0.1) is 0 Å². The Balaban J connectivity index is 1.61. The minimum Gasteiger partial charge on any atom is -0.351 e. The van der Waals surface area contributed by atoms with Gasteiger partial charge in [0.25, 0.3) is 0 Å². The molecule has 0 aliphatic rings. The molecule has 0 fully saturated rings. The molecule has 2 aromatic carbocycles. The minimum atomic E-state index is -3.50. The fourth-order valence-corrected chi connectivity index (χ4v) is 4.50. The van der Waals surface area contributed by atoms with Crippen molar-refractivity contribution in [1.29, 1.82) is 0 Å². The van der Waals surface area contributed by atoms with Crippen molar-refractivity contribution >= 4 is 38.7 Å². The molecule has 1 heterocycles. The van der Waals surface area contributed by atoms with Crippen LogP contribution in [0.2, 0.25) is 0 Å². The molecule has 1 aromatic heterocycles. The van der Waals surface area contributed by atoms with E-state index in [1.807, 2.05) is 31.2 Å². The summed E-state index contributed by atoms with van der Waals surface area (Å²) in [6.45, 7) is 3.08. The molecule has 3 aromatic rings. The molecular weight excluding hydrogens is 396 g/mol. The van der Waals surface area contributed by atoms with Crippen molar-refractivity contribution in [3.63, 3.8) is 0 Å². The number of benzene rings is 2. The lowest BCUT2D eigenvalue weighted by Crippen LogP contribution is -2.25. The van der Waals surface area contributed by atoms with Gasteiger partial charge < -0.3 is 9.88 Å². The molecular formula is C19H22N4O3S2. The molecule has 2 N–H and O–H groups in total. The van der Waals surface area contributed by atoms with Gasteiger partial charge in [-0.25, -0.2) is 18.1 Å². The molecule has 0 saturated heterocycles. The van der Waals surface area contributed by atoms with Gasteiger partial charge in [-0.3, -0.25) is 4.79 Å². The van der Waals surface area contributed by atoms with E-state index in [4.69, 9.17) is 0 Å². The summed E-state index contributed by atoms with van der Waals surface area (Å²) >= 11 is 1.39. The molecule has 0 aliphatic carbocycles. The number of thioether (sulfide) groups is 1. The number of imidazole rings is 1. The zero-order valence-electron chi connectivity index (χ0n) is 15.7. The first-order chi connectivity index (χ1) is 13.4. The molecule has 148 valence electrons. The Morgan fingerprint density at radius 1 is 1.18 bits per heavy atom. The first-order valence-electron chi connectivity index (χ1n) is 8.82. The summed E-state index contributed by atoms with van der Waals surface area (Å²) in [5, 5.41) is 3.63. The van der Waals surface area contributed by atoms with Crippen molar-refractivity contribution in [2.24, 2.45) is 0 Å². The number of nitrogens with zero attached hydrogens (tertiary/aromatic N) is 2. The van der Waals surface area contributed by atoms with Crippen molar-refractivity contribution in [3.8, 4) is 0 Å². The van der Waals surface area contributed by atoms with E-state index in [-0.39, 0.29) is 23.1 Å². The first-order valence-corrected chi connectivity index (χ1v) is 11.3. The van der Waals surface area contributed by atoms with Crippen LogP contribution in [0.1, 0.15) is 12.5 Å². The van der Waals surface area contributed by atoms with Gasteiger partial charge in [-0.05, 0) is 43.8 Å². The number of rotatable bonds is 8. The number of hydrogen-bond acceptors (Lipinski definition) is 5. The maximum atomic E-state index is 12.2. The second kappa shape index (κ2) is 8.76. The van der Waals surface area contributed by atoms with Gasteiger partial charge in [0, 0.05) is 13.1 Å². The number of aryl methyl sites for hydroxylation is 1. The lowest BCUT2D eigenvalue weighted by molar-refractivity contribution is -0.118. The van der Waals surface area contributed by atoms with E-state index in [1.54, 1.807) is 18.2 Å². The Labute approximate surface area is 168 Å². The highest BCUT2D eigenvalue weighted by molar-refractivity contribution is 7.99. The Kier molecular flexibility index (Phi) is 6.38. The van der Waals surface area contributed by atoms with Crippen LogP contribution >= 0.6 is 11.8 Å². The molecule has 7 nitrogen and oxygen atoms in total. The summed E-state index contributed by atoms with van der Waals surface area (Å²) in [4.78, 5) is 17.0. The summed E-state index contributed by atoms with van der Waals surface area (Å²) < 4.78 is 28.1. The number of hydrogen-bond donors (Lipinski definition) is 2. The molecule has 0 spiro atoms. The third-order valence-corrected chi connectivity index (χ3v) is 6.62. The largest absolute Gasteiger partial charge is 0.351 e. The molecule has 0 atom stereocenters. The Hall–Kier alpha value is -2.36. The summed E-state index contributed by atoms with van der Waals surface area (Å²) in [7, 11) is -2.14. The highest BCUT2D eigenvalue weighted by Gasteiger charge is 2.13. The normalized spacial score (nSPS) is 11.6. The van der Waals surface area contributed by atoms with Gasteiger partial charge in [0.15, 0.2) is 5.16 Å². The lowest BCUT2D eigenvalue weighted by atomic mass is 10.2. The van der Waals surface area contributed by atoms with Crippen LogP contribution in [-0.2, 0) is 27.9 Å². The molecule has 0 radical (unpaired) electrons. The predicted octanol–water partition coefficient (Wildman–Crippen LogP) is 2.37. The van der Waals surface area contributed by atoms with Gasteiger partial charge in [-0.1, -0.05) is 36.0 Å². The number of sulfonamides is 1. The molecule has 9 heteroatoms. The van der Waals surface area contributed by atoms with E-state index in [0.717, 1.165) is 28.3 Å². The topological polar surface area (TPSA) is 93.1 Å². The third-order valence-electron chi connectivity index (χ3n) is 4.24. The van der Waals surface area contributed by atoms with Crippen LogP contribution in [0, 0.1) is 0 Å². The van der Waals surface area contributed by atoms with Crippen molar-refractivity contribution in [2.75, 3.05) is 12.8 Å². The fraction of sp³-hybridized carbons (Fsp3) is 0.263. The van der Waals surface area contributed by atoms with Gasteiger partial charge >= 0.3 is 0 Å². The quantitative estimate of drug-likeness (QED) is 0.548. The van der Waals surface area contributed by atoms with Crippen molar-refractivity contribution in [3.05, 3.63) is 54.1 Å². The van der Waals surface area contributed by atoms with Gasteiger partial charge in [0.05, 0.1) is 21.7 Å². The predicted molar refractivity (Wildman–Crippen MR) is 111 cm³/mol. The number of aromatic nitrogens is 2. The number of carbonyl (C=O) groups excluding carboxylic acids is 1. The van der Waals surface area contributed by atoms with Gasteiger partial charge in [0.2, 0.25) is 15.9 Å². The molecule has 0 unspecified atom stereocenters. The highest BCUT2D eigenvalue weighted by Crippen LogP contribution is 2.23. The molecule has 0 bridgehead atoms. The average Bonchev–Trinajstić information content (AvgIpc) is 3.08. The first kappa shape index (κ1) is 20.4. The Morgan fingerprint density at radius 2 is 1.96 bits per heavy atom. The number of fused-ring (bicyclic) bond motifs is 1. The SMILES string of the molecule is CCn1c(SCC(=O)NCc2cccc(S(=O)(=O)NC)c2)nc2ccccc21. The summed E-state index contributed by atoms with van der Waals surface area (Å²) in [6, 6.07) is 14.4. The van der Waals surface area contributed by atoms with E-state index in [0.29, 0.717) is 0 Å². The van der Waals surface area contributed by atoms with E-state index >= 15 is 0 Å². The summed E-state index contributed by atoms with van der Waals surface area (Å²) in [6.07, 6.45) is 0. The van der Waals surface area contributed by atoms with E-state index in [9.17, 15) is 13.2 Å². The molecule has 28 heavy (non-hydrogen) atoms. The van der Waals surface area contributed by atoms with Crippen molar-refractivity contribution < 1.29 is 13.2 Å². The fourth-order valence-electron chi connectivity index (χ4n) is 2.79. The second-order valence-corrected chi connectivity index (χ2v) is 8.88. The van der Waals surface area contributed by atoms with Crippen LogP contribution in [-0.4, -0.2) is 36.7 Å². The van der Waals surface area contributed by atoms with Crippen molar-refractivity contribution in [1.82, 2.24) is 19.6 Å². The monoisotopic (exact) mass is 418 g/mol. The van der Waals surface area contributed by atoms with Gasteiger partial charge in [-0.2, -0.15) is 0 Å². The lowest BCUT2D eigenvalue weighted by Gasteiger charge is -2.08. The minimum absolute atomic E-state index is 0.137. The third kappa shape index (κ3) is 4.54. The van der Waals surface area contributed by atoms with Crippen LogP contribution in [0.3, 0.4) is 0 Å². The average molecular weight is 419 g/mol. The smallest absolute Gasteiger partial charge is 0.240 e. The highest BCUT2D eigenvalue weighted by atomic mass is 32.2. The molecule has 0 aliphatic heterocycles. The Morgan fingerprint density at radius 3 is 2.71 bits per heavy atom. The number of amides is 1. The number of nitrogens with one attached hydrogen (secondary N) is 2. The van der Waals surface area contributed by atoms with Crippen LogP contribution < -0.4 is 10.0 Å². The standard InChI is InChI=1S/C19H22N4O3S2/c1-3-23-17-10-5-4-9-16(17)22-19(23)27-13-18(24)21-12-14-7-6-8-15(11-14)28(25,26)20-2/h4-11,20H,3,12-13H2,1-2H3,(H,21,24). The van der Waals surface area contributed by atoms with Crippen LogP contribution in [0.15, 0.2) is 58.6 Å². The Bertz CT molecular complexity index is 1090. The maximum Gasteiger partial charge on any atom is 0.240 e. The van der Waals surface area contributed by atoms with Crippen LogP contribution in [0.25, 0.3) is 11.0 Å². The molecule has 3 rings (SSSR count). The van der Waals surface area contributed by atoms with Crippen LogP contribution in [0.5, 0.6) is 0 Å². The zero-order chi connectivity index (χ0) is 20.1. The summed E-state index contributed by atoms with van der Waals surface area (Å²) in [5.74, 6) is 0.0965. The van der Waals surface area contributed by atoms with E-state index < -0.39 is 10.0 Å². The number of para-hydroxylation sites is 2. The molecule has 0 saturated carbocycles. The molecule has 1 amide bonds. The van der Waals surface area contributed by atoms with E-state index in [1.165, 1.54) is 24.9 Å². The van der Waals surface area contributed by atoms with E-state index in [2.05, 4.69) is 19.6 Å². The maximum absolute atomic E-state index is 12.2.